The predicted molar refractivity (Wildman–Crippen MR) is 76.5 cm³/mol. The molecule has 108 valence electrons. The number of aromatic carboxylic acids is 1. The molecule has 0 aliphatic rings. The smallest absolute Gasteiger partial charge is 0.335 e. The molecule has 0 unspecified atom stereocenters. The molecule has 0 aromatic heterocycles. The van der Waals surface area contributed by atoms with Gasteiger partial charge in [-0.05, 0) is 17.2 Å². The lowest BCUT2D eigenvalue weighted by Gasteiger charge is -2.07. The molecule has 5 heteroatoms. The maximum atomic E-state index is 11.7. The van der Waals surface area contributed by atoms with Crippen molar-refractivity contribution in [2.24, 2.45) is 0 Å². The number of hydroxylamine groups is 1. The standard InChI is InChI=1S/C16H15NO4/c18-15(17-21-11-12-6-2-1-3-7-12)10-13-8-4-5-9-14(13)16(19)20/h1-9H,10-11H2,(H,17,18)(H,19,20). The van der Waals surface area contributed by atoms with Gasteiger partial charge in [-0.3, -0.25) is 9.63 Å². The van der Waals surface area contributed by atoms with E-state index in [2.05, 4.69) is 5.48 Å². The topological polar surface area (TPSA) is 75.6 Å². The largest absolute Gasteiger partial charge is 0.478 e. The Morgan fingerprint density at radius 3 is 2.38 bits per heavy atom. The number of rotatable bonds is 6. The van der Waals surface area contributed by atoms with Crippen molar-refractivity contribution in [3.8, 4) is 0 Å². The summed E-state index contributed by atoms with van der Waals surface area (Å²) in [5, 5.41) is 9.04. The lowest BCUT2D eigenvalue weighted by molar-refractivity contribution is -0.133. The lowest BCUT2D eigenvalue weighted by atomic mass is 10.0. The first-order chi connectivity index (χ1) is 10.2. The van der Waals surface area contributed by atoms with Gasteiger partial charge in [-0.25, -0.2) is 10.3 Å². The molecule has 2 aromatic rings. The minimum atomic E-state index is -1.05. The third-order valence-electron chi connectivity index (χ3n) is 2.87. The Balaban J connectivity index is 1.86. The van der Waals surface area contributed by atoms with E-state index in [4.69, 9.17) is 9.94 Å². The highest BCUT2D eigenvalue weighted by Crippen LogP contribution is 2.09. The van der Waals surface area contributed by atoms with Gasteiger partial charge in [0.25, 0.3) is 0 Å². The molecule has 21 heavy (non-hydrogen) atoms. The quantitative estimate of drug-likeness (QED) is 0.798. The van der Waals surface area contributed by atoms with Crippen molar-refractivity contribution < 1.29 is 19.5 Å². The zero-order valence-electron chi connectivity index (χ0n) is 11.3. The van der Waals surface area contributed by atoms with E-state index in [0.717, 1.165) is 5.56 Å². The molecule has 0 aliphatic carbocycles. The summed E-state index contributed by atoms with van der Waals surface area (Å²) in [6.07, 6.45) is -0.0444. The van der Waals surface area contributed by atoms with Crippen molar-refractivity contribution in [3.05, 3.63) is 71.3 Å². The highest BCUT2D eigenvalue weighted by molar-refractivity contribution is 5.91. The maximum absolute atomic E-state index is 11.7. The fourth-order valence-electron chi connectivity index (χ4n) is 1.87. The third kappa shape index (κ3) is 4.43. The van der Waals surface area contributed by atoms with Gasteiger partial charge in [0.15, 0.2) is 0 Å². The van der Waals surface area contributed by atoms with Crippen molar-refractivity contribution in [1.82, 2.24) is 5.48 Å². The molecule has 5 nitrogen and oxygen atoms in total. The van der Waals surface area contributed by atoms with Crippen LogP contribution in [0.25, 0.3) is 0 Å². The summed E-state index contributed by atoms with van der Waals surface area (Å²) in [4.78, 5) is 27.9. The van der Waals surface area contributed by atoms with Crippen molar-refractivity contribution in [1.29, 1.82) is 0 Å². The molecule has 0 spiro atoms. The van der Waals surface area contributed by atoms with E-state index < -0.39 is 5.97 Å². The van der Waals surface area contributed by atoms with Crippen LogP contribution in [0.15, 0.2) is 54.6 Å². The number of hydrogen-bond acceptors (Lipinski definition) is 3. The van der Waals surface area contributed by atoms with Crippen LogP contribution in [0.2, 0.25) is 0 Å². The zero-order chi connectivity index (χ0) is 15.1. The highest BCUT2D eigenvalue weighted by atomic mass is 16.6. The Bertz CT molecular complexity index is 625. The van der Waals surface area contributed by atoms with Crippen LogP contribution >= 0.6 is 0 Å². The summed E-state index contributed by atoms with van der Waals surface area (Å²) in [6, 6.07) is 15.8. The van der Waals surface area contributed by atoms with Crippen LogP contribution in [0.3, 0.4) is 0 Å². The second-order valence-electron chi connectivity index (χ2n) is 4.44. The summed E-state index contributed by atoms with van der Waals surface area (Å²) in [6.45, 7) is 0.257. The van der Waals surface area contributed by atoms with Gasteiger partial charge >= 0.3 is 5.97 Å². The Kier molecular flexibility index (Phi) is 5.06. The molecule has 2 aromatic carbocycles. The van der Waals surface area contributed by atoms with Crippen molar-refractivity contribution in [2.45, 2.75) is 13.0 Å². The minimum Gasteiger partial charge on any atom is -0.478 e. The molecule has 0 radical (unpaired) electrons. The third-order valence-corrected chi connectivity index (χ3v) is 2.87. The van der Waals surface area contributed by atoms with Gasteiger partial charge in [-0.2, -0.15) is 0 Å². The summed E-state index contributed by atoms with van der Waals surface area (Å²) >= 11 is 0. The predicted octanol–water partition coefficient (Wildman–Crippen LogP) is 2.18. The Labute approximate surface area is 122 Å². The van der Waals surface area contributed by atoms with Gasteiger partial charge in [0, 0.05) is 0 Å². The average Bonchev–Trinajstić information content (AvgIpc) is 2.48. The fraction of sp³-hybridized carbons (Fsp3) is 0.125. The zero-order valence-corrected chi connectivity index (χ0v) is 11.3. The van der Waals surface area contributed by atoms with Crippen LogP contribution in [0.4, 0.5) is 0 Å². The second-order valence-corrected chi connectivity index (χ2v) is 4.44. The number of amides is 1. The van der Waals surface area contributed by atoms with E-state index in [0.29, 0.717) is 5.56 Å². The van der Waals surface area contributed by atoms with Gasteiger partial charge in [0.1, 0.15) is 0 Å². The molecule has 0 atom stereocenters. The second kappa shape index (κ2) is 7.21. The van der Waals surface area contributed by atoms with Crippen LogP contribution in [0, 0.1) is 0 Å². The maximum Gasteiger partial charge on any atom is 0.335 e. The van der Waals surface area contributed by atoms with Gasteiger partial charge in [0.05, 0.1) is 18.6 Å². The van der Waals surface area contributed by atoms with Gasteiger partial charge in [-0.1, -0.05) is 48.5 Å². The SMILES string of the molecule is O=C(Cc1ccccc1C(=O)O)NOCc1ccccc1. The van der Waals surface area contributed by atoms with Gasteiger partial charge in [0.2, 0.25) is 5.91 Å². The first kappa shape index (κ1) is 14.7. The van der Waals surface area contributed by atoms with E-state index in [1.807, 2.05) is 30.3 Å². The van der Waals surface area contributed by atoms with Crippen LogP contribution in [0.5, 0.6) is 0 Å². The normalized spacial score (nSPS) is 10.1. The molecule has 1 amide bonds. The van der Waals surface area contributed by atoms with Crippen LogP contribution in [-0.2, 0) is 22.7 Å². The highest BCUT2D eigenvalue weighted by Gasteiger charge is 2.12. The fourth-order valence-corrected chi connectivity index (χ4v) is 1.87. The van der Waals surface area contributed by atoms with Crippen LogP contribution < -0.4 is 5.48 Å². The molecule has 0 saturated heterocycles. The molecule has 0 heterocycles. The van der Waals surface area contributed by atoms with Gasteiger partial charge < -0.3 is 5.11 Å². The summed E-state index contributed by atoms with van der Waals surface area (Å²) in [7, 11) is 0. The molecule has 2 N–H and O–H groups in total. The molecular formula is C16H15NO4. The number of benzene rings is 2. The summed E-state index contributed by atoms with van der Waals surface area (Å²) < 4.78 is 0. The minimum absolute atomic E-state index is 0.0444. The molecular weight excluding hydrogens is 270 g/mol. The lowest BCUT2D eigenvalue weighted by Crippen LogP contribution is -2.26. The van der Waals surface area contributed by atoms with Gasteiger partial charge in [-0.15, -0.1) is 0 Å². The summed E-state index contributed by atoms with van der Waals surface area (Å²) in [5.74, 6) is -1.44. The van der Waals surface area contributed by atoms with E-state index in [1.54, 1.807) is 18.2 Å². The average molecular weight is 285 g/mol. The number of carboxylic acid groups (broad SMARTS) is 1. The number of hydrogen-bond donors (Lipinski definition) is 2. The van der Waals surface area contributed by atoms with E-state index in [9.17, 15) is 9.59 Å². The molecule has 0 aliphatic heterocycles. The number of nitrogens with one attached hydrogen (secondary N) is 1. The first-order valence-electron chi connectivity index (χ1n) is 6.42. The van der Waals surface area contributed by atoms with Crippen LogP contribution in [-0.4, -0.2) is 17.0 Å². The molecule has 0 bridgehead atoms. The number of carboxylic acids is 1. The van der Waals surface area contributed by atoms with Crippen LogP contribution in [0.1, 0.15) is 21.5 Å². The van der Waals surface area contributed by atoms with Crippen molar-refractivity contribution >= 4 is 11.9 Å². The molecule has 2 rings (SSSR count). The first-order valence-corrected chi connectivity index (χ1v) is 6.42. The summed E-state index contributed by atoms with van der Waals surface area (Å²) in [5.41, 5.74) is 3.82. The number of carbonyl (C=O) groups excluding carboxylic acids is 1. The monoisotopic (exact) mass is 285 g/mol. The Hall–Kier alpha value is -2.66. The molecule has 0 saturated carbocycles. The van der Waals surface area contributed by atoms with Crippen molar-refractivity contribution in [3.63, 3.8) is 0 Å². The van der Waals surface area contributed by atoms with E-state index in [1.165, 1.54) is 6.07 Å². The Morgan fingerprint density at radius 2 is 1.67 bits per heavy atom. The Morgan fingerprint density at radius 1 is 1.00 bits per heavy atom. The van der Waals surface area contributed by atoms with Crippen molar-refractivity contribution in [2.75, 3.05) is 0 Å². The number of carbonyl (C=O) groups is 2. The van der Waals surface area contributed by atoms with E-state index >= 15 is 0 Å². The molecule has 0 fully saturated rings. The van der Waals surface area contributed by atoms with E-state index in [-0.39, 0.29) is 24.5 Å².